The number of benzene rings is 2. The second kappa shape index (κ2) is 7.22. The number of Topliss-reactive ketones (excluding diaryl/α,β-unsaturated/α-hetero) is 1. The van der Waals surface area contributed by atoms with Gasteiger partial charge in [-0.1, -0.05) is 33.6 Å². The van der Waals surface area contributed by atoms with Gasteiger partial charge >= 0.3 is 0 Å². The van der Waals surface area contributed by atoms with Crippen molar-refractivity contribution in [2.45, 2.75) is 31.6 Å². The predicted octanol–water partition coefficient (Wildman–Crippen LogP) is 4.82. The minimum absolute atomic E-state index is 0.0394. The van der Waals surface area contributed by atoms with Gasteiger partial charge < -0.3 is 11.1 Å². The molecule has 2 aromatic carbocycles. The first kappa shape index (κ1) is 20.8. The first-order chi connectivity index (χ1) is 15.3. The van der Waals surface area contributed by atoms with E-state index in [2.05, 4.69) is 27.3 Å². The van der Waals surface area contributed by atoms with Gasteiger partial charge in [0.25, 0.3) is 0 Å². The molecule has 1 unspecified atom stereocenters. The first-order valence-electron chi connectivity index (χ1n) is 10.2. The van der Waals surface area contributed by atoms with Gasteiger partial charge in [-0.3, -0.25) is 14.5 Å². The van der Waals surface area contributed by atoms with Crippen molar-refractivity contribution in [3.63, 3.8) is 0 Å². The van der Waals surface area contributed by atoms with Gasteiger partial charge in [0.1, 0.15) is 17.3 Å². The van der Waals surface area contributed by atoms with Crippen LogP contribution in [0.25, 0.3) is 0 Å². The van der Waals surface area contributed by atoms with Crippen molar-refractivity contribution in [1.29, 1.82) is 5.26 Å². The Hall–Kier alpha value is -3.08. The van der Waals surface area contributed by atoms with Crippen LogP contribution in [0.4, 0.5) is 11.4 Å². The molecule has 0 saturated heterocycles. The standard InChI is InChI=1S/C24H18BrClN4O2/c1-12-5-7-14(10-17(12)26)30-19-3-2-4-20(31)21(19)24(16(11-27)22(30)28)15-9-13(25)6-8-18(15)29-23(24)32/h5-10H,2-4,28H2,1H3,(H,29,32). The average molecular weight is 510 g/mol. The molecule has 1 spiro atoms. The van der Waals surface area contributed by atoms with Crippen LogP contribution in [0.2, 0.25) is 5.02 Å². The van der Waals surface area contributed by atoms with Crippen LogP contribution in [0, 0.1) is 18.3 Å². The number of carbonyl (C=O) groups excluding carboxylic acids is 2. The quantitative estimate of drug-likeness (QED) is 0.574. The summed E-state index contributed by atoms with van der Waals surface area (Å²) in [6.07, 6.45) is 1.48. The lowest BCUT2D eigenvalue weighted by molar-refractivity contribution is -0.122. The molecule has 2 aromatic rings. The minimum Gasteiger partial charge on any atom is -0.384 e. The summed E-state index contributed by atoms with van der Waals surface area (Å²) in [5.74, 6) is -0.462. The van der Waals surface area contributed by atoms with Gasteiger partial charge in [0.2, 0.25) is 5.91 Å². The van der Waals surface area contributed by atoms with Gasteiger partial charge in [-0.15, -0.1) is 0 Å². The van der Waals surface area contributed by atoms with Gasteiger partial charge in [-0.05, 0) is 55.7 Å². The van der Waals surface area contributed by atoms with E-state index in [0.717, 1.165) is 10.0 Å². The van der Waals surface area contributed by atoms with Crippen LogP contribution in [0.1, 0.15) is 30.4 Å². The number of carbonyl (C=O) groups is 2. The molecule has 6 nitrogen and oxygen atoms in total. The Morgan fingerprint density at radius 1 is 1.22 bits per heavy atom. The maximum absolute atomic E-state index is 13.6. The van der Waals surface area contributed by atoms with Crippen molar-refractivity contribution in [3.8, 4) is 6.07 Å². The number of amides is 1. The molecule has 32 heavy (non-hydrogen) atoms. The first-order valence-corrected chi connectivity index (χ1v) is 11.3. The third-order valence-corrected chi connectivity index (χ3v) is 7.30. The summed E-state index contributed by atoms with van der Waals surface area (Å²) in [6, 6.07) is 13.0. The topological polar surface area (TPSA) is 99.2 Å². The highest BCUT2D eigenvalue weighted by Gasteiger charge is 2.60. The van der Waals surface area contributed by atoms with Crippen LogP contribution in [0.15, 0.2) is 63.5 Å². The number of aryl methyl sites for hydroxylation is 1. The molecular weight excluding hydrogens is 492 g/mol. The van der Waals surface area contributed by atoms with E-state index in [-0.39, 0.29) is 17.2 Å². The summed E-state index contributed by atoms with van der Waals surface area (Å²) in [5, 5.41) is 13.7. The number of nitrogens with two attached hydrogens (primary N) is 1. The number of halogens is 2. The summed E-state index contributed by atoms with van der Waals surface area (Å²) in [5.41, 5.74) is 8.71. The third kappa shape index (κ3) is 2.63. The van der Waals surface area contributed by atoms with Crippen LogP contribution in [-0.2, 0) is 15.0 Å². The number of nitrogens with zero attached hydrogens (tertiary/aromatic N) is 2. The van der Waals surface area contributed by atoms with E-state index in [1.165, 1.54) is 0 Å². The highest BCUT2D eigenvalue weighted by Crippen LogP contribution is 2.55. The lowest BCUT2D eigenvalue weighted by Crippen LogP contribution is -2.50. The number of allylic oxidation sites excluding steroid dienone is 1. The zero-order chi connectivity index (χ0) is 22.8. The number of anilines is 2. The molecule has 0 saturated carbocycles. The molecule has 0 radical (unpaired) electrons. The third-order valence-electron chi connectivity index (χ3n) is 6.40. The van der Waals surface area contributed by atoms with Crippen molar-refractivity contribution >= 4 is 50.6 Å². The Kier molecular flexibility index (Phi) is 4.70. The second-order valence-electron chi connectivity index (χ2n) is 8.13. The van der Waals surface area contributed by atoms with Crippen LogP contribution in [0.3, 0.4) is 0 Å². The Morgan fingerprint density at radius 3 is 2.72 bits per heavy atom. The fraction of sp³-hybridized carbons (Fsp3) is 0.208. The van der Waals surface area contributed by atoms with E-state index < -0.39 is 11.3 Å². The molecule has 3 N–H and O–H groups in total. The minimum atomic E-state index is -1.57. The highest BCUT2D eigenvalue weighted by molar-refractivity contribution is 9.10. The van der Waals surface area contributed by atoms with Crippen molar-refractivity contribution in [1.82, 2.24) is 0 Å². The van der Waals surface area contributed by atoms with E-state index in [4.69, 9.17) is 17.3 Å². The molecule has 8 heteroatoms. The Balaban J connectivity index is 1.88. The molecule has 1 atom stereocenters. The van der Waals surface area contributed by atoms with Gasteiger partial charge in [0.05, 0.1) is 5.57 Å². The molecule has 0 bridgehead atoms. The smallest absolute Gasteiger partial charge is 0.245 e. The maximum Gasteiger partial charge on any atom is 0.245 e. The maximum atomic E-state index is 13.6. The Morgan fingerprint density at radius 2 is 2.00 bits per heavy atom. The summed E-state index contributed by atoms with van der Waals surface area (Å²) < 4.78 is 0.737. The lowest BCUT2D eigenvalue weighted by Gasteiger charge is -2.43. The van der Waals surface area contributed by atoms with E-state index in [1.54, 1.807) is 29.2 Å². The number of nitriles is 1. The van der Waals surface area contributed by atoms with Gasteiger partial charge in [-0.25, -0.2) is 0 Å². The molecule has 0 aromatic heterocycles. The summed E-state index contributed by atoms with van der Waals surface area (Å²) >= 11 is 9.84. The summed E-state index contributed by atoms with van der Waals surface area (Å²) in [7, 11) is 0. The largest absolute Gasteiger partial charge is 0.384 e. The monoisotopic (exact) mass is 508 g/mol. The van der Waals surface area contributed by atoms with E-state index >= 15 is 0 Å². The van der Waals surface area contributed by atoms with E-state index in [9.17, 15) is 14.9 Å². The average Bonchev–Trinajstić information content (AvgIpc) is 3.03. The number of rotatable bonds is 1. The molecule has 2 heterocycles. The molecule has 160 valence electrons. The SMILES string of the molecule is Cc1ccc(N2C(N)=C(C#N)C3(C(=O)Nc4ccc(Br)cc43)C3=C2CCCC3=O)cc1Cl. The molecular formula is C24H18BrClN4O2. The van der Waals surface area contributed by atoms with Gasteiger partial charge in [-0.2, -0.15) is 5.26 Å². The van der Waals surface area contributed by atoms with Crippen molar-refractivity contribution in [3.05, 3.63) is 79.7 Å². The van der Waals surface area contributed by atoms with Gasteiger partial charge in [0, 0.05) is 44.1 Å². The van der Waals surface area contributed by atoms with Crippen molar-refractivity contribution in [2.24, 2.45) is 5.73 Å². The van der Waals surface area contributed by atoms with E-state index in [1.807, 2.05) is 19.1 Å². The molecule has 1 aliphatic carbocycles. The molecule has 1 amide bonds. The number of hydrogen-bond acceptors (Lipinski definition) is 5. The zero-order valence-corrected chi connectivity index (χ0v) is 19.5. The second-order valence-corrected chi connectivity index (χ2v) is 9.46. The number of fused-ring (bicyclic) bond motifs is 3. The molecule has 3 aliphatic rings. The van der Waals surface area contributed by atoms with Crippen LogP contribution < -0.4 is 16.0 Å². The lowest BCUT2D eigenvalue weighted by atomic mass is 9.64. The summed E-state index contributed by atoms with van der Waals surface area (Å²) in [6.45, 7) is 1.89. The fourth-order valence-electron chi connectivity index (χ4n) is 4.98. The Labute approximate surface area is 198 Å². The predicted molar refractivity (Wildman–Crippen MR) is 126 cm³/mol. The van der Waals surface area contributed by atoms with Gasteiger partial charge in [0.15, 0.2) is 5.78 Å². The number of ketones is 1. The van der Waals surface area contributed by atoms with Crippen molar-refractivity contribution < 1.29 is 9.59 Å². The number of hydrogen-bond donors (Lipinski definition) is 2. The fourth-order valence-corrected chi connectivity index (χ4v) is 5.51. The molecule has 5 rings (SSSR count). The van der Waals surface area contributed by atoms with E-state index in [0.29, 0.717) is 52.5 Å². The highest BCUT2D eigenvalue weighted by atomic mass is 79.9. The molecule has 2 aliphatic heterocycles. The number of nitrogens with one attached hydrogen (secondary N) is 1. The Bertz CT molecular complexity index is 1340. The van der Waals surface area contributed by atoms with Crippen molar-refractivity contribution in [2.75, 3.05) is 10.2 Å². The van der Waals surface area contributed by atoms with Crippen LogP contribution in [0.5, 0.6) is 0 Å². The summed E-state index contributed by atoms with van der Waals surface area (Å²) in [4.78, 5) is 28.7. The van der Waals surface area contributed by atoms with Crippen LogP contribution in [-0.4, -0.2) is 11.7 Å². The zero-order valence-electron chi connectivity index (χ0n) is 17.1. The van der Waals surface area contributed by atoms with Crippen LogP contribution >= 0.6 is 27.5 Å². The molecule has 0 fully saturated rings. The normalized spacial score (nSPS) is 22.1.